The molecule has 0 aliphatic rings. The quantitative estimate of drug-likeness (QED) is 0.518. The Morgan fingerprint density at radius 1 is 1.82 bits per heavy atom. The van der Waals surface area contributed by atoms with Crippen LogP contribution in [0, 0.1) is 0 Å². The number of aliphatic imine (C=N–C) groups is 1. The van der Waals surface area contributed by atoms with Gasteiger partial charge in [0.1, 0.15) is 0 Å². The summed E-state index contributed by atoms with van der Waals surface area (Å²) in [6.45, 7) is 0. The number of hydrogen-bond acceptors (Lipinski definition) is 3. The van der Waals surface area contributed by atoms with Crippen molar-refractivity contribution in [3.8, 4) is 0 Å². The minimum absolute atomic E-state index is 0.238. The standard InChI is InChI=1S/C7H5NOS2/c9-7(8-5-10)3-6-1-2-11-4-6/h1-2,4H,3H2. The van der Waals surface area contributed by atoms with Crippen LogP contribution in [-0.4, -0.2) is 11.1 Å². The molecule has 1 rings (SSSR count). The Morgan fingerprint density at radius 2 is 2.64 bits per heavy atom. The maximum atomic E-state index is 10.8. The lowest BCUT2D eigenvalue weighted by molar-refractivity contribution is -0.117. The lowest BCUT2D eigenvalue weighted by Crippen LogP contribution is -1.95. The average Bonchev–Trinajstić information content (AvgIpc) is 2.40. The zero-order valence-corrected chi connectivity index (χ0v) is 7.24. The van der Waals surface area contributed by atoms with Crippen LogP contribution in [0.4, 0.5) is 0 Å². The summed E-state index contributed by atoms with van der Waals surface area (Å²) in [5.74, 6) is -0.238. The fraction of sp³-hybridized carbons (Fsp3) is 0.143. The maximum absolute atomic E-state index is 10.8. The van der Waals surface area contributed by atoms with Crippen LogP contribution in [0.3, 0.4) is 0 Å². The first-order valence-electron chi connectivity index (χ1n) is 2.94. The molecule has 0 bridgehead atoms. The summed E-state index contributed by atoms with van der Waals surface area (Å²) in [4.78, 5) is 14.1. The Balaban J connectivity index is 2.57. The van der Waals surface area contributed by atoms with Gasteiger partial charge in [-0.2, -0.15) is 16.3 Å². The molecule has 2 nitrogen and oxygen atoms in total. The highest BCUT2D eigenvalue weighted by Crippen LogP contribution is 2.06. The van der Waals surface area contributed by atoms with Gasteiger partial charge in [0.15, 0.2) is 0 Å². The highest BCUT2D eigenvalue weighted by molar-refractivity contribution is 7.78. The van der Waals surface area contributed by atoms with Gasteiger partial charge in [-0.3, -0.25) is 4.79 Å². The second kappa shape index (κ2) is 4.13. The molecule has 4 heteroatoms. The van der Waals surface area contributed by atoms with Gasteiger partial charge in [0, 0.05) is 0 Å². The number of hydrogen-bond donors (Lipinski definition) is 0. The lowest BCUT2D eigenvalue weighted by atomic mass is 10.2. The van der Waals surface area contributed by atoms with E-state index in [1.165, 1.54) is 0 Å². The molecule has 0 aliphatic carbocycles. The molecule has 0 atom stereocenters. The van der Waals surface area contributed by atoms with Gasteiger partial charge in [0.2, 0.25) is 0 Å². The van der Waals surface area contributed by atoms with Crippen LogP contribution in [-0.2, 0) is 11.2 Å². The van der Waals surface area contributed by atoms with E-state index in [9.17, 15) is 4.79 Å². The van der Waals surface area contributed by atoms with Crippen molar-refractivity contribution in [2.45, 2.75) is 6.42 Å². The van der Waals surface area contributed by atoms with Gasteiger partial charge in [0.25, 0.3) is 5.91 Å². The average molecular weight is 183 g/mol. The van der Waals surface area contributed by atoms with Crippen LogP contribution < -0.4 is 0 Å². The Bertz CT molecular complexity index is 285. The zero-order valence-electron chi connectivity index (χ0n) is 5.61. The van der Waals surface area contributed by atoms with Crippen LogP contribution in [0.2, 0.25) is 0 Å². The van der Waals surface area contributed by atoms with Crippen LogP contribution in [0.25, 0.3) is 0 Å². The Labute approximate surface area is 73.6 Å². The van der Waals surface area contributed by atoms with E-state index < -0.39 is 0 Å². The van der Waals surface area contributed by atoms with Crippen molar-refractivity contribution in [3.05, 3.63) is 22.4 Å². The van der Waals surface area contributed by atoms with E-state index in [1.807, 2.05) is 22.0 Å². The largest absolute Gasteiger partial charge is 0.271 e. The van der Waals surface area contributed by atoms with E-state index in [0.717, 1.165) is 5.56 Å². The van der Waals surface area contributed by atoms with Crippen LogP contribution >= 0.6 is 23.6 Å². The Morgan fingerprint density at radius 3 is 3.18 bits per heavy atom. The molecule has 0 aliphatic heterocycles. The number of thiophene rings is 1. The van der Waals surface area contributed by atoms with Crippen molar-refractivity contribution in [3.63, 3.8) is 0 Å². The van der Waals surface area contributed by atoms with E-state index in [2.05, 4.69) is 17.2 Å². The van der Waals surface area contributed by atoms with Gasteiger partial charge in [-0.1, -0.05) is 0 Å². The summed E-state index contributed by atoms with van der Waals surface area (Å²) in [6, 6.07) is 1.89. The molecule has 56 valence electrons. The second-order valence-electron chi connectivity index (χ2n) is 1.91. The minimum Gasteiger partial charge on any atom is -0.271 e. The molecule has 0 fully saturated rings. The normalized spacial score (nSPS) is 8.73. The van der Waals surface area contributed by atoms with Crippen molar-refractivity contribution in [2.75, 3.05) is 0 Å². The monoisotopic (exact) mass is 183 g/mol. The fourth-order valence-corrected chi connectivity index (χ4v) is 1.43. The van der Waals surface area contributed by atoms with Gasteiger partial charge >= 0.3 is 0 Å². The molecule has 0 radical (unpaired) electrons. The third-order valence-corrected chi connectivity index (χ3v) is 1.93. The van der Waals surface area contributed by atoms with E-state index in [1.54, 1.807) is 11.3 Å². The highest BCUT2D eigenvalue weighted by Gasteiger charge is 1.99. The fourth-order valence-electron chi connectivity index (χ4n) is 0.658. The first-order chi connectivity index (χ1) is 5.33. The highest BCUT2D eigenvalue weighted by atomic mass is 32.1. The van der Waals surface area contributed by atoms with E-state index >= 15 is 0 Å². The first-order valence-corrected chi connectivity index (χ1v) is 4.30. The third-order valence-electron chi connectivity index (χ3n) is 1.11. The molecule has 1 aromatic rings. The molecule has 11 heavy (non-hydrogen) atoms. The summed E-state index contributed by atoms with van der Waals surface area (Å²) in [5.41, 5.74) is 0.981. The topological polar surface area (TPSA) is 29.4 Å². The number of carbonyl (C=O) groups is 1. The zero-order chi connectivity index (χ0) is 8.10. The van der Waals surface area contributed by atoms with Crippen molar-refractivity contribution >= 4 is 34.6 Å². The smallest absolute Gasteiger partial charge is 0.258 e. The molecule has 1 amide bonds. The number of carbonyl (C=O) groups excluding carboxylic acids is 1. The third kappa shape index (κ3) is 2.72. The summed E-state index contributed by atoms with van der Waals surface area (Å²) in [6.07, 6.45) is 0.327. The van der Waals surface area contributed by atoms with Gasteiger partial charge < -0.3 is 0 Å². The van der Waals surface area contributed by atoms with Gasteiger partial charge in [-0.15, -0.1) is 0 Å². The molecule has 0 N–H and O–H groups in total. The molecular formula is C7H5NOS2. The van der Waals surface area contributed by atoms with Crippen LogP contribution in [0.15, 0.2) is 21.8 Å². The van der Waals surface area contributed by atoms with Crippen molar-refractivity contribution in [2.24, 2.45) is 4.99 Å². The molecule has 1 aromatic heterocycles. The van der Waals surface area contributed by atoms with Gasteiger partial charge in [-0.25, -0.2) is 0 Å². The lowest BCUT2D eigenvalue weighted by Gasteiger charge is -1.86. The molecule has 0 spiro atoms. The summed E-state index contributed by atoms with van der Waals surface area (Å²) in [7, 11) is 0. The van der Waals surface area contributed by atoms with E-state index in [-0.39, 0.29) is 5.91 Å². The Hall–Kier alpha value is -0.830. The molecule has 1 heterocycles. The predicted molar refractivity (Wildman–Crippen MR) is 48.1 cm³/mol. The van der Waals surface area contributed by atoms with E-state index in [4.69, 9.17) is 0 Å². The van der Waals surface area contributed by atoms with Gasteiger partial charge in [0.05, 0.1) is 11.6 Å². The number of isothiocyanates is 1. The molecule has 0 saturated carbocycles. The van der Waals surface area contributed by atoms with E-state index in [0.29, 0.717) is 6.42 Å². The molecule has 0 unspecified atom stereocenters. The second-order valence-corrected chi connectivity index (χ2v) is 2.87. The summed E-state index contributed by atoms with van der Waals surface area (Å²) < 4.78 is 0. The number of rotatable bonds is 2. The molecule has 0 saturated heterocycles. The molecule has 0 aromatic carbocycles. The first kappa shape index (κ1) is 8.27. The number of amides is 1. The number of nitrogens with zero attached hydrogens (tertiary/aromatic N) is 1. The summed E-state index contributed by atoms with van der Waals surface area (Å²) in [5, 5.41) is 5.88. The van der Waals surface area contributed by atoms with Crippen molar-refractivity contribution in [1.82, 2.24) is 0 Å². The predicted octanol–water partition coefficient (Wildman–Crippen LogP) is 1.92. The molecular weight excluding hydrogens is 178 g/mol. The number of thiocarbonyl (C=S) groups is 1. The Kier molecular flexibility index (Phi) is 3.11. The van der Waals surface area contributed by atoms with Crippen molar-refractivity contribution < 1.29 is 4.79 Å². The summed E-state index contributed by atoms with van der Waals surface area (Å²) >= 11 is 5.85. The van der Waals surface area contributed by atoms with Crippen molar-refractivity contribution in [1.29, 1.82) is 0 Å². The minimum atomic E-state index is -0.238. The van der Waals surface area contributed by atoms with Gasteiger partial charge in [-0.05, 0) is 34.6 Å². The maximum Gasteiger partial charge on any atom is 0.258 e. The van der Waals surface area contributed by atoms with Crippen LogP contribution in [0.1, 0.15) is 5.56 Å². The van der Waals surface area contributed by atoms with Crippen LogP contribution in [0.5, 0.6) is 0 Å². The SMILES string of the molecule is O=C(Cc1ccsc1)N=C=S.